The third-order valence-electron chi connectivity index (χ3n) is 3.20. The first kappa shape index (κ1) is 19.1. The van der Waals surface area contributed by atoms with Crippen molar-refractivity contribution in [3.63, 3.8) is 0 Å². The van der Waals surface area contributed by atoms with E-state index in [1.54, 1.807) is 0 Å². The summed E-state index contributed by atoms with van der Waals surface area (Å²) in [5, 5.41) is 0. The van der Waals surface area contributed by atoms with Gasteiger partial charge in [0.1, 0.15) is 5.82 Å². The van der Waals surface area contributed by atoms with Crippen LogP contribution in [0.3, 0.4) is 0 Å². The number of Topliss-reactive ketones (excluding diaryl/α,β-unsaturated/α-hetero) is 1. The van der Waals surface area contributed by atoms with Gasteiger partial charge in [0.2, 0.25) is 0 Å². The number of nitrogens with two attached hydrogens (primary N) is 1. The minimum absolute atomic E-state index is 0. The van der Waals surface area contributed by atoms with Crippen molar-refractivity contribution in [3.05, 3.63) is 71.0 Å². The van der Waals surface area contributed by atoms with Gasteiger partial charge in [0, 0.05) is 5.56 Å². The zero-order chi connectivity index (χ0) is 16.3. The van der Waals surface area contributed by atoms with Crippen LogP contribution in [0.25, 0.3) is 0 Å². The third kappa shape index (κ3) is 5.04. The van der Waals surface area contributed by atoms with Crippen molar-refractivity contribution in [2.24, 2.45) is 5.73 Å². The van der Waals surface area contributed by atoms with Gasteiger partial charge in [-0.25, -0.2) is 4.39 Å². The summed E-state index contributed by atoms with van der Waals surface area (Å²) >= 11 is 0. The molecular weight excluding hydrogens is 334 g/mol. The van der Waals surface area contributed by atoms with E-state index in [0.29, 0.717) is 5.56 Å². The number of rotatable bonds is 4. The van der Waals surface area contributed by atoms with E-state index in [2.05, 4.69) is 0 Å². The van der Waals surface area contributed by atoms with Crippen molar-refractivity contribution in [2.75, 3.05) is 0 Å². The molecule has 2 N–H and O–H groups in total. The maximum Gasteiger partial charge on any atom is 0.416 e. The molecule has 0 spiro atoms. The van der Waals surface area contributed by atoms with Crippen LogP contribution in [0.15, 0.2) is 48.5 Å². The van der Waals surface area contributed by atoms with Crippen molar-refractivity contribution in [1.29, 1.82) is 0 Å². The van der Waals surface area contributed by atoms with E-state index >= 15 is 0 Å². The number of hydrogen-bond acceptors (Lipinski definition) is 2. The van der Waals surface area contributed by atoms with Crippen LogP contribution < -0.4 is 5.73 Å². The Bertz CT molecular complexity index is 653. The molecular formula is C16H14ClF4NO. The molecule has 0 bridgehead atoms. The van der Waals surface area contributed by atoms with Crippen LogP contribution in [0.5, 0.6) is 0 Å². The van der Waals surface area contributed by atoms with Gasteiger partial charge in [0.25, 0.3) is 0 Å². The standard InChI is InChI=1S/C16H13F4NO.ClH/c17-13-7-3-11(4-8-13)15(22)14(21)9-10-1-5-12(6-2-10)16(18,19)20;/h1-8,14H,9,21H2;1H. The lowest BCUT2D eigenvalue weighted by Crippen LogP contribution is -2.32. The van der Waals surface area contributed by atoms with Crippen LogP contribution >= 0.6 is 12.4 Å². The van der Waals surface area contributed by atoms with Crippen molar-refractivity contribution < 1.29 is 22.4 Å². The van der Waals surface area contributed by atoms with E-state index in [1.165, 1.54) is 24.3 Å². The highest BCUT2D eigenvalue weighted by molar-refractivity contribution is 6.00. The second kappa shape index (κ2) is 7.57. The van der Waals surface area contributed by atoms with Crippen molar-refractivity contribution in [1.82, 2.24) is 0 Å². The minimum atomic E-state index is -4.40. The molecule has 2 nitrogen and oxygen atoms in total. The van der Waals surface area contributed by atoms with E-state index in [4.69, 9.17) is 5.73 Å². The Morgan fingerprint density at radius 3 is 2.00 bits per heavy atom. The Hall–Kier alpha value is -1.92. The monoisotopic (exact) mass is 347 g/mol. The van der Waals surface area contributed by atoms with E-state index < -0.39 is 23.6 Å². The molecule has 2 aromatic rings. The molecule has 1 atom stereocenters. The maximum absolute atomic E-state index is 12.8. The Kier molecular flexibility index (Phi) is 6.29. The Morgan fingerprint density at radius 2 is 1.52 bits per heavy atom. The molecule has 23 heavy (non-hydrogen) atoms. The fourth-order valence-corrected chi connectivity index (χ4v) is 2.00. The van der Waals surface area contributed by atoms with Crippen LogP contribution in [0.1, 0.15) is 21.5 Å². The molecule has 0 aliphatic heterocycles. The van der Waals surface area contributed by atoms with E-state index in [9.17, 15) is 22.4 Å². The van der Waals surface area contributed by atoms with Gasteiger partial charge in [0.05, 0.1) is 11.6 Å². The Labute approximate surface area is 136 Å². The molecule has 0 radical (unpaired) electrons. The van der Waals surface area contributed by atoms with E-state index in [1.807, 2.05) is 0 Å². The highest BCUT2D eigenvalue weighted by atomic mass is 35.5. The largest absolute Gasteiger partial charge is 0.416 e. The second-order valence-corrected chi connectivity index (χ2v) is 4.88. The predicted octanol–water partition coefficient (Wildman–Crippen LogP) is 4.02. The molecule has 2 aromatic carbocycles. The topological polar surface area (TPSA) is 43.1 Å². The summed E-state index contributed by atoms with van der Waals surface area (Å²) in [7, 11) is 0. The summed E-state index contributed by atoms with van der Waals surface area (Å²) in [6.45, 7) is 0. The zero-order valence-corrected chi connectivity index (χ0v) is 12.6. The quantitative estimate of drug-likeness (QED) is 0.670. The van der Waals surface area contributed by atoms with Gasteiger partial charge < -0.3 is 5.73 Å². The van der Waals surface area contributed by atoms with Crippen LogP contribution in [-0.2, 0) is 12.6 Å². The molecule has 0 amide bonds. The molecule has 1 unspecified atom stereocenters. The number of alkyl halides is 3. The van der Waals surface area contributed by atoms with Gasteiger partial charge in [-0.15, -0.1) is 12.4 Å². The Morgan fingerprint density at radius 1 is 1.00 bits per heavy atom. The number of benzene rings is 2. The molecule has 0 fully saturated rings. The normalized spacial score (nSPS) is 12.4. The molecule has 0 aromatic heterocycles. The number of carbonyl (C=O) groups is 1. The molecule has 0 saturated carbocycles. The summed E-state index contributed by atoms with van der Waals surface area (Å²) in [4.78, 5) is 12.1. The first-order valence-corrected chi connectivity index (χ1v) is 6.49. The van der Waals surface area contributed by atoms with Gasteiger partial charge in [-0.3, -0.25) is 4.79 Å². The predicted molar refractivity (Wildman–Crippen MR) is 81.1 cm³/mol. The summed E-state index contributed by atoms with van der Waals surface area (Å²) in [5.74, 6) is -0.854. The third-order valence-corrected chi connectivity index (χ3v) is 3.20. The average Bonchev–Trinajstić information content (AvgIpc) is 2.47. The van der Waals surface area contributed by atoms with Gasteiger partial charge >= 0.3 is 6.18 Å². The fourth-order valence-electron chi connectivity index (χ4n) is 2.00. The van der Waals surface area contributed by atoms with Crippen molar-refractivity contribution in [3.8, 4) is 0 Å². The lowest BCUT2D eigenvalue weighted by atomic mass is 9.98. The fraction of sp³-hybridized carbons (Fsp3) is 0.188. The summed E-state index contributed by atoms with van der Waals surface area (Å²) in [6.07, 6.45) is -4.29. The summed E-state index contributed by atoms with van der Waals surface area (Å²) in [5.41, 5.74) is 5.81. The smallest absolute Gasteiger partial charge is 0.321 e. The maximum atomic E-state index is 12.8. The van der Waals surface area contributed by atoms with Crippen LogP contribution in [0.2, 0.25) is 0 Å². The van der Waals surface area contributed by atoms with Crippen molar-refractivity contribution >= 4 is 18.2 Å². The Balaban J connectivity index is 0.00000264. The summed E-state index contributed by atoms with van der Waals surface area (Å²) in [6, 6.07) is 8.53. The molecule has 0 aliphatic carbocycles. The van der Waals surface area contributed by atoms with Crippen LogP contribution in [0.4, 0.5) is 17.6 Å². The lowest BCUT2D eigenvalue weighted by molar-refractivity contribution is -0.137. The molecule has 0 aliphatic rings. The summed E-state index contributed by atoms with van der Waals surface area (Å²) < 4.78 is 50.2. The van der Waals surface area contributed by atoms with Gasteiger partial charge in [-0.05, 0) is 48.4 Å². The first-order valence-electron chi connectivity index (χ1n) is 6.49. The average molecular weight is 348 g/mol. The molecule has 0 heterocycles. The van der Waals surface area contributed by atoms with Crippen LogP contribution in [0, 0.1) is 5.82 Å². The number of halogens is 5. The van der Waals surface area contributed by atoms with Gasteiger partial charge in [-0.1, -0.05) is 12.1 Å². The molecule has 124 valence electrons. The van der Waals surface area contributed by atoms with Crippen molar-refractivity contribution in [2.45, 2.75) is 18.6 Å². The van der Waals surface area contributed by atoms with Crippen LogP contribution in [-0.4, -0.2) is 11.8 Å². The number of carbonyl (C=O) groups excluding carboxylic acids is 1. The molecule has 2 rings (SSSR count). The highest BCUT2D eigenvalue weighted by Gasteiger charge is 2.30. The molecule has 0 saturated heterocycles. The zero-order valence-electron chi connectivity index (χ0n) is 11.8. The number of hydrogen-bond donors (Lipinski definition) is 1. The first-order chi connectivity index (χ1) is 10.3. The second-order valence-electron chi connectivity index (χ2n) is 4.88. The van der Waals surface area contributed by atoms with E-state index in [0.717, 1.165) is 24.3 Å². The number of ketones is 1. The lowest BCUT2D eigenvalue weighted by Gasteiger charge is -2.12. The minimum Gasteiger partial charge on any atom is -0.321 e. The molecule has 7 heteroatoms. The SMILES string of the molecule is Cl.NC(Cc1ccc(C(F)(F)F)cc1)C(=O)c1ccc(F)cc1. The van der Waals surface area contributed by atoms with Gasteiger partial charge in [-0.2, -0.15) is 13.2 Å². The van der Waals surface area contributed by atoms with E-state index in [-0.39, 0.29) is 30.2 Å². The highest BCUT2D eigenvalue weighted by Crippen LogP contribution is 2.29. The van der Waals surface area contributed by atoms with Gasteiger partial charge in [0.15, 0.2) is 5.78 Å².